The van der Waals surface area contributed by atoms with Gasteiger partial charge < -0.3 is 15.4 Å². The first-order chi connectivity index (χ1) is 8.76. The predicted molar refractivity (Wildman–Crippen MR) is 68.7 cm³/mol. The fourth-order valence-electron chi connectivity index (χ4n) is 1.18. The third-order valence-electron chi connectivity index (χ3n) is 1.80. The zero-order valence-corrected chi connectivity index (χ0v) is 11.3. The maximum atomic E-state index is 11.9. The fourth-order valence-corrected chi connectivity index (χ4v) is 1.54. The highest BCUT2D eigenvalue weighted by molar-refractivity contribution is 7.80. The number of ether oxygens (including phenoxy) is 1. The van der Waals surface area contributed by atoms with Gasteiger partial charge in [-0.25, -0.2) is 4.68 Å². The van der Waals surface area contributed by atoms with E-state index in [0.29, 0.717) is 10.8 Å². The van der Waals surface area contributed by atoms with Crippen molar-refractivity contribution in [1.82, 2.24) is 15.1 Å². The van der Waals surface area contributed by atoms with E-state index in [0.717, 1.165) is 0 Å². The van der Waals surface area contributed by atoms with Crippen LogP contribution in [0.15, 0.2) is 12.4 Å². The highest BCUT2D eigenvalue weighted by atomic mass is 32.1. The van der Waals surface area contributed by atoms with Gasteiger partial charge in [0.1, 0.15) is 13.3 Å². The number of hydrogen-bond donors (Lipinski definition) is 2. The van der Waals surface area contributed by atoms with Crippen molar-refractivity contribution in [3.63, 3.8) is 0 Å². The number of nitrogens with one attached hydrogen (secondary N) is 2. The molecule has 0 radical (unpaired) electrons. The van der Waals surface area contributed by atoms with Gasteiger partial charge in [0, 0.05) is 6.04 Å². The Balaban J connectivity index is 2.38. The van der Waals surface area contributed by atoms with Crippen molar-refractivity contribution < 1.29 is 17.9 Å². The smallest absolute Gasteiger partial charge is 0.360 e. The molecule has 1 heterocycles. The van der Waals surface area contributed by atoms with Gasteiger partial charge in [0.15, 0.2) is 5.11 Å². The van der Waals surface area contributed by atoms with Crippen molar-refractivity contribution in [1.29, 1.82) is 0 Å². The summed E-state index contributed by atoms with van der Waals surface area (Å²) < 4.78 is 41.3. The van der Waals surface area contributed by atoms with E-state index < -0.39 is 12.8 Å². The van der Waals surface area contributed by atoms with E-state index >= 15 is 0 Å². The van der Waals surface area contributed by atoms with Gasteiger partial charge in [0.2, 0.25) is 0 Å². The van der Waals surface area contributed by atoms with Crippen molar-refractivity contribution >= 4 is 23.0 Å². The molecule has 0 saturated carbocycles. The summed E-state index contributed by atoms with van der Waals surface area (Å²) in [6.07, 6.45) is -1.38. The van der Waals surface area contributed by atoms with Crippen LogP contribution in [0.4, 0.5) is 18.9 Å². The summed E-state index contributed by atoms with van der Waals surface area (Å²) in [5.41, 5.74) is 0.578. The molecule has 0 atom stereocenters. The molecule has 0 aliphatic rings. The van der Waals surface area contributed by atoms with E-state index in [1.165, 1.54) is 17.1 Å². The molecule has 2 N–H and O–H groups in total. The molecule has 0 aliphatic heterocycles. The zero-order valence-electron chi connectivity index (χ0n) is 10.5. The second kappa shape index (κ2) is 6.71. The Morgan fingerprint density at radius 2 is 2.21 bits per heavy atom. The van der Waals surface area contributed by atoms with Gasteiger partial charge in [-0.05, 0) is 26.1 Å². The number of nitrogens with zero attached hydrogens (tertiary/aromatic N) is 2. The zero-order chi connectivity index (χ0) is 14.5. The maximum absolute atomic E-state index is 11.9. The average molecular weight is 296 g/mol. The minimum absolute atomic E-state index is 0.185. The van der Waals surface area contributed by atoms with Crippen LogP contribution in [0.2, 0.25) is 0 Å². The Kier molecular flexibility index (Phi) is 5.55. The molecule has 1 rings (SSSR count). The summed E-state index contributed by atoms with van der Waals surface area (Å²) in [5.74, 6) is 0. The Hall–Kier alpha value is -1.35. The SMILES string of the molecule is CC(C)NC(=S)Nc1cnn(COCC(F)(F)F)c1. The van der Waals surface area contributed by atoms with Crippen LogP contribution in [0, 0.1) is 0 Å². The van der Waals surface area contributed by atoms with Crippen LogP contribution >= 0.6 is 12.2 Å². The molecular weight excluding hydrogens is 281 g/mol. The second-order valence-corrected chi connectivity index (χ2v) is 4.52. The van der Waals surface area contributed by atoms with Crippen LogP contribution in [-0.4, -0.2) is 33.7 Å². The van der Waals surface area contributed by atoms with Crippen LogP contribution in [0.25, 0.3) is 0 Å². The average Bonchev–Trinajstić information content (AvgIpc) is 2.62. The Morgan fingerprint density at radius 3 is 2.79 bits per heavy atom. The molecule has 0 saturated heterocycles. The summed E-state index contributed by atoms with van der Waals surface area (Å²) in [5, 5.41) is 10.1. The second-order valence-electron chi connectivity index (χ2n) is 4.11. The first kappa shape index (κ1) is 15.7. The Bertz CT molecular complexity index is 419. The molecular formula is C10H15F3N4OS. The standard InChI is InChI=1S/C10H15F3N4OS/c1-7(2)15-9(19)16-8-3-14-17(4-8)6-18-5-10(11,12)13/h3-4,7H,5-6H2,1-2H3,(H2,15,16,19). The molecule has 1 aromatic heterocycles. The van der Waals surface area contributed by atoms with E-state index in [1.54, 1.807) is 0 Å². The van der Waals surface area contributed by atoms with Crippen molar-refractivity contribution in [3.05, 3.63) is 12.4 Å². The lowest BCUT2D eigenvalue weighted by atomic mass is 10.4. The molecule has 0 aliphatic carbocycles. The highest BCUT2D eigenvalue weighted by Crippen LogP contribution is 2.14. The minimum Gasteiger partial charge on any atom is -0.360 e. The van der Waals surface area contributed by atoms with E-state index in [-0.39, 0.29) is 12.8 Å². The normalized spacial score (nSPS) is 11.7. The van der Waals surface area contributed by atoms with Crippen molar-refractivity contribution in [3.8, 4) is 0 Å². The topological polar surface area (TPSA) is 51.1 Å². The van der Waals surface area contributed by atoms with Crippen molar-refractivity contribution in [2.75, 3.05) is 11.9 Å². The fraction of sp³-hybridized carbons (Fsp3) is 0.600. The third-order valence-corrected chi connectivity index (χ3v) is 2.02. The van der Waals surface area contributed by atoms with Gasteiger partial charge in [-0.1, -0.05) is 0 Å². The number of rotatable bonds is 5. The Labute approximate surface area is 114 Å². The summed E-state index contributed by atoms with van der Waals surface area (Å²) in [4.78, 5) is 0. The van der Waals surface area contributed by atoms with E-state index in [4.69, 9.17) is 12.2 Å². The van der Waals surface area contributed by atoms with E-state index in [2.05, 4.69) is 20.5 Å². The van der Waals surface area contributed by atoms with Gasteiger partial charge >= 0.3 is 6.18 Å². The molecule has 0 spiro atoms. The molecule has 5 nitrogen and oxygen atoms in total. The third kappa shape index (κ3) is 6.97. The molecule has 1 aromatic rings. The largest absolute Gasteiger partial charge is 0.411 e. The predicted octanol–water partition coefficient (Wildman–Crippen LogP) is 2.11. The first-order valence-corrected chi connectivity index (χ1v) is 5.91. The summed E-state index contributed by atoms with van der Waals surface area (Å²) in [7, 11) is 0. The monoisotopic (exact) mass is 296 g/mol. The molecule has 0 fully saturated rings. The molecule has 9 heteroatoms. The highest BCUT2D eigenvalue weighted by Gasteiger charge is 2.27. The first-order valence-electron chi connectivity index (χ1n) is 5.51. The van der Waals surface area contributed by atoms with Gasteiger partial charge in [0.05, 0.1) is 18.1 Å². The van der Waals surface area contributed by atoms with Crippen LogP contribution in [0.5, 0.6) is 0 Å². The lowest BCUT2D eigenvalue weighted by Gasteiger charge is -2.11. The molecule has 0 bridgehead atoms. The van der Waals surface area contributed by atoms with Gasteiger partial charge in [-0.15, -0.1) is 0 Å². The van der Waals surface area contributed by atoms with Crippen molar-refractivity contribution in [2.24, 2.45) is 0 Å². The number of alkyl halides is 3. The quantitative estimate of drug-likeness (QED) is 0.815. The molecule has 19 heavy (non-hydrogen) atoms. The molecule has 0 unspecified atom stereocenters. The van der Waals surface area contributed by atoms with Crippen LogP contribution < -0.4 is 10.6 Å². The minimum atomic E-state index is -4.34. The number of halogens is 3. The number of thiocarbonyl (C=S) groups is 1. The molecule has 108 valence electrons. The number of hydrogen-bond acceptors (Lipinski definition) is 3. The lowest BCUT2D eigenvalue weighted by Crippen LogP contribution is -2.33. The van der Waals surface area contributed by atoms with E-state index in [1.807, 2.05) is 13.8 Å². The van der Waals surface area contributed by atoms with Crippen molar-refractivity contribution in [2.45, 2.75) is 32.8 Å². The Morgan fingerprint density at radius 1 is 1.53 bits per heavy atom. The van der Waals surface area contributed by atoms with Gasteiger partial charge in [-0.2, -0.15) is 18.3 Å². The summed E-state index contributed by atoms with van der Waals surface area (Å²) in [6, 6.07) is 0.185. The number of aromatic nitrogens is 2. The van der Waals surface area contributed by atoms with Crippen LogP contribution in [0.3, 0.4) is 0 Å². The summed E-state index contributed by atoms with van der Waals surface area (Å²) >= 11 is 5.02. The molecule has 0 amide bonds. The van der Waals surface area contributed by atoms with E-state index in [9.17, 15) is 13.2 Å². The van der Waals surface area contributed by atoms with Crippen LogP contribution in [-0.2, 0) is 11.5 Å². The lowest BCUT2D eigenvalue weighted by molar-refractivity contribution is -0.182. The van der Waals surface area contributed by atoms with Gasteiger partial charge in [0.25, 0.3) is 0 Å². The van der Waals surface area contributed by atoms with Gasteiger partial charge in [-0.3, -0.25) is 0 Å². The summed E-state index contributed by atoms with van der Waals surface area (Å²) in [6.45, 7) is 2.29. The number of anilines is 1. The van der Waals surface area contributed by atoms with Crippen LogP contribution in [0.1, 0.15) is 13.8 Å². The maximum Gasteiger partial charge on any atom is 0.411 e. The molecule has 0 aromatic carbocycles.